The summed E-state index contributed by atoms with van der Waals surface area (Å²) in [6.45, 7) is 9.03. The SMILES string of the molecule is C=C1CCC2C3C(O)[C@H](O)C4Cc5nocc5CC4(C)[C@H]3CCC12C. The van der Waals surface area contributed by atoms with E-state index >= 15 is 0 Å². The molecule has 0 spiro atoms. The Morgan fingerprint density at radius 1 is 1.16 bits per heavy atom. The standard InChI is InChI=1S/C21H29NO3/c1-11-4-5-13-17-14(6-7-20(11,13)2)21(3)9-12-10-25-22-16(12)8-15(21)18(23)19(17)24/h10,13-15,17-19,23-24H,1,4-9H2,2-3H3/t13?,14-,15?,17?,18+,19?,20?,21?/m0/s1. The van der Waals surface area contributed by atoms with Gasteiger partial charge >= 0.3 is 0 Å². The van der Waals surface area contributed by atoms with Gasteiger partial charge in [-0.2, -0.15) is 0 Å². The van der Waals surface area contributed by atoms with E-state index in [1.807, 2.05) is 0 Å². The van der Waals surface area contributed by atoms with Crippen LogP contribution < -0.4 is 0 Å². The van der Waals surface area contributed by atoms with Crippen LogP contribution in [0, 0.1) is 34.5 Å². The molecule has 1 aromatic rings. The van der Waals surface area contributed by atoms with Crippen LogP contribution in [-0.2, 0) is 12.8 Å². The molecule has 0 aromatic carbocycles. The van der Waals surface area contributed by atoms with E-state index in [-0.39, 0.29) is 22.7 Å². The van der Waals surface area contributed by atoms with E-state index in [4.69, 9.17) is 4.52 Å². The summed E-state index contributed by atoms with van der Waals surface area (Å²) >= 11 is 0. The van der Waals surface area contributed by atoms with E-state index in [1.165, 1.54) is 17.6 Å². The molecule has 5 rings (SSSR count). The Kier molecular flexibility index (Phi) is 3.20. The quantitative estimate of drug-likeness (QED) is 0.710. The number of rotatable bonds is 0. The number of nitrogens with zero attached hydrogens (tertiary/aromatic N) is 1. The first-order valence-corrected chi connectivity index (χ1v) is 9.83. The third kappa shape index (κ3) is 1.88. The van der Waals surface area contributed by atoms with Gasteiger partial charge in [-0.1, -0.05) is 31.2 Å². The molecule has 0 saturated heterocycles. The summed E-state index contributed by atoms with van der Waals surface area (Å²) in [7, 11) is 0. The molecule has 136 valence electrons. The molecule has 8 atom stereocenters. The summed E-state index contributed by atoms with van der Waals surface area (Å²) < 4.78 is 5.21. The highest BCUT2D eigenvalue weighted by Crippen LogP contribution is 2.66. The minimum absolute atomic E-state index is 0.00706. The van der Waals surface area contributed by atoms with Gasteiger partial charge in [-0.3, -0.25) is 0 Å². The topological polar surface area (TPSA) is 66.5 Å². The Balaban J connectivity index is 1.59. The maximum Gasteiger partial charge on any atom is 0.127 e. The molecule has 4 heteroatoms. The lowest BCUT2D eigenvalue weighted by atomic mass is 9.44. The summed E-state index contributed by atoms with van der Waals surface area (Å²) in [5.74, 6) is 1.14. The molecule has 25 heavy (non-hydrogen) atoms. The van der Waals surface area contributed by atoms with Gasteiger partial charge in [-0.15, -0.1) is 0 Å². The average Bonchev–Trinajstić information content (AvgIpc) is 3.15. The van der Waals surface area contributed by atoms with Crippen LogP contribution in [0.1, 0.15) is 50.8 Å². The molecular weight excluding hydrogens is 314 g/mol. The lowest BCUT2D eigenvalue weighted by molar-refractivity contribution is -0.201. The van der Waals surface area contributed by atoms with E-state index in [0.29, 0.717) is 11.8 Å². The van der Waals surface area contributed by atoms with Crippen LogP contribution in [0.25, 0.3) is 0 Å². The third-order valence-corrected chi connectivity index (χ3v) is 8.85. The molecule has 3 saturated carbocycles. The monoisotopic (exact) mass is 343 g/mol. The summed E-state index contributed by atoms with van der Waals surface area (Å²) in [5.41, 5.74) is 3.68. The van der Waals surface area contributed by atoms with Crippen LogP contribution in [0.5, 0.6) is 0 Å². The molecule has 0 radical (unpaired) electrons. The highest BCUT2D eigenvalue weighted by Gasteiger charge is 2.64. The summed E-state index contributed by atoms with van der Waals surface area (Å²) in [5, 5.41) is 26.4. The Morgan fingerprint density at radius 3 is 2.76 bits per heavy atom. The number of allylic oxidation sites excluding steroid dienone is 1. The zero-order valence-corrected chi connectivity index (χ0v) is 15.2. The van der Waals surface area contributed by atoms with Gasteiger partial charge in [0.25, 0.3) is 0 Å². The number of aromatic nitrogens is 1. The van der Waals surface area contributed by atoms with E-state index in [0.717, 1.165) is 37.8 Å². The highest BCUT2D eigenvalue weighted by atomic mass is 16.5. The number of aliphatic hydroxyl groups is 2. The first-order chi connectivity index (χ1) is 11.9. The van der Waals surface area contributed by atoms with Crippen molar-refractivity contribution >= 4 is 0 Å². The van der Waals surface area contributed by atoms with Gasteiger partial charge in [-0.25, -0.2) is 0 Å². The van der Waals surface area contributed by atoms with Crippen molar-refractivity contribution in [2.75, 3.05) is 0 Å². The van der Waals surface area contributed by atoms with Gasteiger partial charge in [0.2, 0.25) is 0 Å². The van der Waals surface area contributed by atoms with Gasteiger partial charge in [0, 0.05) is 5.56 Å². The van der Waals surface area contributed by atoms with Crippen LogP contribution in [0.3, 0.4) is 0 Å². The Hall–Kier alpha value is -1.13. The second kappa shape index (κ2) is 4.98. The second-order valence-electron chi connectivity index (χ2n) is 9.65. The zero-order chi connectivity index (χ0) is 17.6. The molecule has 1 aromatic heterocycles. The number of aliphatic hydroxyl groups excluding tert-OH is 2. The summed E-state index contributed by atoms with van der Waals surface area (Å²) in [6.07, 6.45) is 6.58. The van der Waals surface area contributed by atoms with E-state index in [2.05, 4.69) is 25.6 Å². The average molecular weight is 343 g/mol. The lowest BCUT2D eigenvalue weighted by Crippen LogP contribution is -2.64. The smallest absolute Gasteiger partial charge is 0.127 e. The molecule has 3 fully saturated rings. The minimum atomic E-state index is -0.674. The predicted octanol–water partition coefficient (Wildman–Crippen LogP) is 3.13. The van der Waals surface area contributed by atoms with Crippen molar-refractivity contribution in [1.82, 2.24) is 5.16 Å². The maximum absolute atomic E-state index is 11.1. The van der Waals surface area contributed by atoms with Crippen LogP contribution in [-0.4, -0.2) is 27.6 Å². The highest BCUT2D eigenvalue weighted by molar-refractivity contribution is 5.28. The fraction of sp³-hybridized carbons (Fsp3) is 0.762. The number of fused-ring (bicyclic) bond motifs is 6. The van der Waals surface area contributed by atoms with Gasteiger partial charge in [0.05, 0.1) is 17.9 Å². The normalized spacial score (nSPS) is 51.4. The predicted molar refractivity (Wildman–Crippen MR) is 93.7 cm³/mol. The molecule has 0 amide bonds. The third-order valence-electron chi connectivity index (χ3n) is 8.85. The summed E-state index contributed by atoms with van der Waals surface area (Å²) in [4.78, 5) is 0. The van der Waals surface area contributed by atoms with Crippen molar-refractivity contribution < 1.29 is 14.7 Å². The van der Waals surface area contributed by atoms with Crippen LogP contribution in [0.4, 0.5) is 0 Å². The molecule has 0 aliphatic heterocycles. The van der Waals surface area contributed by atoms with Crippen molar-refractivity contribution in [3.8, 4) is 0 Å². The number of hydrogen-bond donors (Lipinski definition) is 2. The van der Waals surface area contributed by atoms with Gasteiger partial charge in [0.15, 0.2) is 0 Å². The van der Waals surface area contributed by atoms with Crippen LogP contribution in [0.15, 0.2) is 22.9 Å². The molecule has 6 unspecified atom stereocenters. The van der Waals surface area contributed by atoms with E-state index in [1.54, 1.807) is 6.26 Å². The van der Waals surface area contributed by atoms with Crippen molar-refractivity contribution in [2.24, 2.45) is 34.5 Å². The Labute approximate surface area is 149 Å². The Morgan fingerprint density at radius 2 is 1.96 bits per heavy atom. The minimum Gasteiger partial charge on any atom is -0.390 e. The molecule has 0 bridgehead atoms. The summed E-state index contributed by atoms with van der Waals surface area (Å²) in [6, 6.07) is 0. The van der Waals surface area contributed by atoms with E-state index < -0.39 is 12.2 Å². The largest absolute Gasteiger partial charge is 0.390 e. The molecular formula is C21H29NO3. The molecule has 4 aliphatic carbocycles. The first kappa shape index (κ1) is 16.1. The van der Waals surface area contributed by atoms with Gasteiger partial charge in [-0.05, 0) is 73.0 Å². The van der Waals surface area contributed by atoms with Crippen molar-refractivity contribution in [3.05, 3.63) is 29.7 Å². The fourth-order valence-electron chi connectivity index (χ4n) is 7.31. The first-order valence-electron chi connectivity index (χ1n) is 9.83. The van der Waals surface area contributed by atoms with Crippen molar-refractivity contribution in [2.45, 2.75) is 64.6 Å². The fourth-order valence-corrected chi connectivity index (χ4v) is 7.31. The van der Waals surface area contributed by atoms with Gasteiger partial charge in [0.1, 0.15) is 6.26 Å². The molecule has 4 aliphatic rings. The van der Waals surface area contributed by atoms with Crippen molar-refractivity contribution in [3.63, 3.8) is 0 Å². The lowest BCUT2D eigenvalue weighted by Gasteiger charge is -2.62. The maximum atomic E-state index is 11.1. The molecule has 2 N–H and O–H groups in total. The molecule has 1 heterocycles. The zero-order valence-electron chi connectivity index (χ0n) is 15.2. The molecule has 4 nitrogen and oxygen atoms in total. The second-order valence-corrected chi connectivity index (χ2v) is 9.65. The van der Waals surface area contributed by atoms with Gasteiger partial charge < -0.3 is 14.7 Å². The van der Waals surface area contributed by atoms with Crippen LogP contribution in [0.2, 0.25) is 0 Å². The van der Waals surface area contributed by atoms with Crippen molar-refractivity contribution in [1.29, 1.82) is 0 Å². The Bertz CT molecular complexity index is 726. The van der Waals surface area contributed by atoms with Crippen LogP contribution >= 0.6 is 0 Å². The van der Waals surface area contributed by atoms with E-state index in [9.17, 15) is 10.2 Å². The number of hydrogen-bond acceptors (Lipinski definition) is 4.